The number of hydrogen-bond acceptors (Lipinski definition) is 4. The lowest BCUT2D eigenvalue weighted by Gasteiger charge is -2.36. The zero-order valence-electron chi connectivity index (χ0n) is 7.75. The number of carbonyl (C=O) groups is 1. The molecule has 2 unspecified atom stereocenters. The molecule has 0 spiro atoms. The lowest BCUT2D eigenvalue weighted by molar-refractivity contribution is -0.115. The predicted molar refractivity (Wildman–Crippen MR) is 53.6 cm³/mol. The minimum atomic E-state index is -0.675. The number of primary amides is 1. The SMILES string of the molecule is CC1(O)CCNCC1SCC(N)=O. The number of amides is 1. The van der Waals surface area contributed by atoms with E-state index in [-0.39, 0.29) is 16.9 Å². The maximum atomic E-state index is 10.6. The van der Waals surface area contributed by atoms with Crippen molar-refractivity contribution in [3.63, 3.8) is 0 Å². The Morgan fingerprint density at radius 1 is 1.85 bits per heavy atom. The molecule has 2 atom stereocenters. The maximum absolute atomic E-state index is 10.6. The van der Waals surface area contributed by atoms with Crippen molar-refractivity contribution in [3.05, 3.63) is 0 Å². The highest BCUT2D eigenvalue weighted by Gasteiger charge is 2.34. The van der Waals surface area contributed by atoms with Crippen molar-refractivity contribution < 1.29 is 9.90 Å². The van der Waals surface area contributed by atoms with Gasteiger partial charge in [0.1, 0.15) is 0 Å². The fourth-order valence-corrected chi connectivity index (χ4v) is 2.45. The first kappa shape index (κ1) is 10.8. The quantitative estimate of drug-likeness (QED) is 0.569. The number of carbonyl (C=O) groups excluding carboxylic acids is 1. The molecule has 4 N–H and O–H groups in total. The van der Waals surface area contributed by atoms with Crippen molar-refractivity contribution in [2.75, 3.05) is 18.8 Å². The highest BCUT2D eigenvalue weighted by molar-refractivity contribution is 8.00. The van der Waals surface area contributed by atoms with Gasteiger partial charge in [-0.05, 0) is 19.9 Å². The zero-order chi connectivity index (χ0) is 9.90. The van der Waals surface area contributed by atoms with E-state index in [2.05, 4.69) is 5.32 Å². The Balaban J connectivity index is 2.41. The Morgan fingerprint density at radius 2 is 2.54 bits per heavy atom. The van der Waals surface area contributed by atoms with E-state index < -0.39 is 5.60 Å². The van der Waals surface area contributed by atoms with Crippen molar-refractivity contribution >= 4 is 17.7 Å². The second kappa shape index (κ2) is 4.30. The van der Waals surface area contributed by atoms with Crippen LogP contribution in [0.15, 0.2) is 0 Å². The van der Waals surface area contributed by atoms with Gasteiger partial charge in [-0.2, -0.15) is 0 Å². The number of nitrogens with two attached hydrogens (primary N) is 1. The van der Waals surface area contributed by atoms with Crippen LogP contribution in [-0.2, 0) is 4.79 Å². The molecule has 1 rings (SSSR count). The smallest absolute Gasteiger partial charge is 0.227 e. The normalized spacial score (nSPS) is 34.5. The molecule has 1 amide bonds. The number of thioether (sulfide) groups is 1. The van der Waals surface area contributed by atoms with Gasteiger partial charge in [-0.1, -0.05) is 0 Å². The van der Waals surface area contributed by atoms with Crippen molar-refractivity contribution in [1.29, 1.82) is 0 Å². The molecule has 0 aromatic heterocycles. The lowest BCUT2D eigenvalue weighted by atomic mass is 9.94. The second-order valence-corrected chi connectivity index (χ2v) is 4.77. The van der Waals surface area contributed by atoms with Gasteiger partial charge in [-0.25, -0.2) is 0 Å². The van der Waals surface area contributed by atoms with E-state index in [1.807, 2.05) is 6.92 Å². The number of piperidine rings is 1. The summed E-state index contributed by atoms with van der Waals surface area (Å²) in [4.78, 5) is 10.6. The summed E-state index contributed by atoms with van der Waals surface area (Å²) in [6.45, 7) is 3.39. The Bertz CT molecular complexity index is 197. The third-order valence-corrected chi connectivity index (χ3v) is 3.79. The molecular weight excluding hydrogens is 188 g/mol. The van der Waals surface area contributed by atoms with Gasteiger partial charge in [0.05, 0.1) is 11.4 Å². The first-order chi connectivity index (χ1) is 6.02. The molecule has 1 aliphatic heterocycles. The van der Waals surface area contributed by atoms with Crippen molar-refractivity contribution in [2.45, 2.75) is 24.2 Å². The van der Waals surface area contributed by atoms with E-state index in [0.717, 1.165) is 19.5 Å². The van der Waals surface area contributed by atoms with E-state index in [9.17, 15) is 9.90 Å². The average molecular weight is 204 g/mol. The Labute approximate surface area is 82.3 Å². The van der Waals surface area contributed by atoms with E-state index in [4.69, 9.17) is 5.73 Å². The molecule has 76 valence electrons. The van der Waals surface area contributed by atoms with Crippen LogP contribution in [0.3, 0.4) is 0 Å². The molecule has 1 saturated heterocycles. The van der Waals surface area contributed by atoms with Gasteiger partial charge in [0.25, 0.3) is 0 Å². The molecule has 0 bridgehead atoms. The summed E-state index contributed by atoms with van der Waals surface area (Å²) in [6.07, 6.45) is 0.726. The van der Waals surface area contributed by atoms with Gasteiger partial charge in [0.2, 0.25) is 5.91 Å². The van der Waals surface area contributed by atoms with Crippen LogP contribution >= 0.6 is 11.8 Å². The largest absolute Gasteiger partial charge is 0.389 e. The van der Waals surface area contributed by atoms with Crippen LogP contribution in [0.2, 0.25) is 0 Å². The summed E-state index contributed by atoms with van der Waals surface area (Å²) in [5, 5.41) is 13.2. The number of nitrogens with one attached hydrogen (secondary N) is 1. The van der Waals surface area contributed by atoms with Gasteiger partial charge in [-0.3, -0.25) is 4.79 Å². The topological polar surface area (TPSA) is 75.3 Å². The maximum Gasteiger partial charge on any atom is 0.227 e. The molecule has 0 radical (unpaired) electrons. The average Bonchev–Trinajstić information content (AvgIpc) is 2.01. The molecule has 0 aliphatic carbocycles. The number of aliphatic hydroxyl groups is 1. The second-order valence-electron chi connectivity index (χ2n) is 3.58. The van der Waals surface area contributed by atoms with Crippen LogP contribution < -0.4 is 11.1 Å². The van der Waals surface area contributed by atoms with Gasteiger partial charge >= 0.3 is 0 Å². The van der Waals surface area contributed by atoms with Crippen LogP contribution in [-0.4, -0.2) is 40.7 Å². The Morgan fingerprint density at radius 3 is 3.08 bits per heavy atom. The highest BCUT2D eigenvalue weighted by Crippen LogP contribution is 2.27. The standard InChI is InChI=1S/C8H16N2O2S/c1-8(12)2-3-10-4-6(8)13-5-7(9)11/h6,10,12H,2-5H2,1H3,(H2,9,11). The van der Waals surface area contributed by atoms with E-state index in [1.54, 1.807) is 0 Å². The van der Waals surface area contributed by atoms with Crippen molar-refractivity contribution in [1.82, 2.24) is 5.32 Å². The zero-order valence-corrected chi connectivity index (χ0v) is 8.56. The summed E-state index contributed by atoms with van der Waals surface area (Å²) in [7, 11) is 0. The molecule has 1 fully saturated rings. The predicted octanol–water partition coefficient (Wildman–Crippen LogP) is -0.682. The van der Waals surface area contributed by atoms with Gasteiger partial charge in [0.15, 0.2) is 0 Å². The molecule has 13 heavy (non-hydrogen) atoms. The third kappa shape index (κ3) is 3.17. The summed E-state index contributed by atoms with van der Waals surface area (Å²) in [5.41, 5.74) is 4.36. The van der Waals surface area contributed by atoms with Crippen molar-refractivity contribution in [2.24, 2.45) is 5.73 Å². The van der Waals surface area contributed by atoms with Crippen LogP contribution in [0.4, 0.5) is 0 Å². The molecule has 0 aromatic carbocycles. The third-order valence-electron chi connectivity index (χ3n) is 2.26. The van der Waals surface area contributed by atoms with Gasteiger partial charge in [-0.15, -0.1) is 11.8 Å². The summed E-state index contributed by atoms with van der Waals surface area (Å²) in [6, 6.07) is 0. The molecular formula is C8H16N2O2S. The Hall–Kier alpha value is -0.260. The van der Waals surface area contributed by atoms with Crippen LogP contribution in [0.5, 0.6) is 0 Å². The van der Waals surface area contributed by atoms with Crippen molar-refractivity contribution in [3.8, 4) is 0 Å². The molecule has 0 aromatic rings. The summed E-state index contributed by atoms with van der Waals surface area (Å²) < 4.78 is 0. The molecule has 1 aliphatic rings. The fraction of sp³-hybridized carbons (Fsp3) is 0.875. The molecule has 4 nitrogen and oxygen atoms in total. The summed E-state index contributed by atoms with van der Waals surface area (Å²) >= 11 is 1.43. The fourth-order valence-electron chi connectivity index (χ4n) is 1.38. The highest BCUT2D eigenvalue weighted by atomic mass is 32.2. The van der Waals surface area contributed by atoms with Crippen LogP contribution in [0.25, 0.3) is 0 Å². The monoisotopic (exact) mass is 204 g/mol. The molecule has 0 saturated carbocycles. The van der Waals surface area contributed by atoms with E-state index in [1.165, 1.54) is 11.8 Å². The number of hydrogen-bond donors (Lipinski definition) is 3. The lowest BCUT2D eigenvalue weighted by Crippen LogP contribution is -2.50. The van der Waals surface area contributed by atoms with E-state index in [0.29, 0.717) is 0 Å². The molecule has 1 heterocycles. The minimum absolute atomic E-state index is 0.0637. The van der Waals surface area contributed by atoms with Crippen LogP contribution in [0.1, 0.15) is 13.3 Å². The van der Waals surface area contributed by atoms with Gasteiger partial charge < -0.3 is 16.2 Å². The van der Waals surface area contributed by atoms with Crippen LogP contribution in [0, 0.1) is 0 Å². The first-order valence-corrected chi connectivity index (χ1v) is 5.40. The van der Waals surface area contributed by atoms with Gasteiger partial charge in [0, 0.05) is 11.8 Å². The summed E-state index contributed by atoms with van der Waals surface area (Å²) in [5.74, 6) is -0.0472. The Kier molecular flexibility index (Phi) is 3.58. The minimum Gasteiger partial charge on any atom is -0.389 e. The first-order valence-electron chi connectivity index (χ1n) is 4.35. The molecule has 5 heteroatoms. The number of rotatable bonds is 3. The van der Waals surface area contributed by atoms with E-state index >= 15 is 0 Å².